The van der Waals surface area contributed by atoms with Crippen molar-refractivity contribution in [3.8, 4) is 0 Å². The van der Waals surface area contributed by atoms with Crippen LogP contribution in [0, 0.1) is 0 Å². The standard InChI is InChI=1S/C6H12O/c1-3-6(2)4-5-7/h4,7H,3,5H2,1-2H3/b6-4-. The highest BCUT2D eigenvalue weighted by Crippen LogP contribution is 1.94. The van der Waals surface area contributed by atoms with Gasteiger partial charge in [0.25, 0.3) is 0 Å². The molecule has 7 heavy (non-hydrogen) atoms. The van der Waals surface area contributed by atoms with Crippen molar-refractivity contribution in [2.24, 2.45) is 0 Å². The topological polar surface area (TPSA) is 20.2 Å². The predicted octanol–water partition coefficient (Wildman–Crippen LogP) is 1.33. The van der Waals surface area contributed by atoms with Gasteiger partial charge >= 0.3 is 0 Å². The molecule has 0 amide bonds. The van der Waals surface area contributed by atoms with Crippen molar-refractivity contribution in [3.63, 3.8) is 0 Å². The Hall–Kier alpha value is -0.300. The smallest absolute Gasteiger partial charge is 0.0614 e. The summed E-state index contributed by atoms with van der Waals surface area (Å²) in [6, 6.07) is 0. The second kappa shape index (κ2) is 3.88. The van der Waals surface area contributed by atoms with Gasteiger partial charge in [0.15, 0.2) is 0 Å². The number of hydrogen-bond donors (Lipinski definition) is 1. The molecule has 42 valence electrons. The molecule has 0 spiro atoms. The lowest BCUT2D eigenvalue weighted by Gasteiger charge is -1.88. The molecule has 0 aliphatic carbocycles. The summed E-state index contributed by atoms with van der Waals surface area (Å²) in [5, 5.41) is 8.29. The van der Waals surface area contributed by atoms with Gasteiger partial charge in [-0.1, -0.05) is 18.6 Å². The van der Waals surface area contributed by atoms with E-state index in [0.29, 0.717) is 0 Å². The van der Waals surface area contributed by atoms with Crippen LogP contribution in [0.3, 0.4) is 0 Å². The average Bonchev–Trinajstić information content (AvgIpc) is 1.68. The largest absolute Gasteiger partial charge is 0.392 e. The Morgan fingerprint density at radius 2 is 2.29 bits per heavy atom. The summed E-state index contributed by atoms with van der Waals surface area (Å²) in [7, 11) is 0. The number of rotatable bonds is 2. The molecular weight excluding hydrogens is 88.1 g/mol. The minimum Gasteiger partial charge on any atom is -0.392 e. The van der Waals surface area contributed by atoms with Crippen LogP contribution in [0.25, 0.3) is 0 Å². The molecule has 0 aromatic rings. The molecule has 1 heteroatoms. The lowest BCUT2D eigenvalue weighted by molar-refractivity contribution is 0.341. The zero-order valence-corrected chi connectivity index (χ0v) is 4.94. The van der Waals surface area contributed by atoms with Crippen LogP contribution in [0.5, 0.6) is 0 Å². The Balaban J connectivity index is 3.29. The molecule has 0 heterocycles. The van der Waals surface area contributed by atoms with Gasteiger partial charge in [-0.2, -0.15) is 0 Å². The second-order valence-electron chi connectivity index (χ2n) is 1.59. The molecule has 1 N–H and O–H groups in total. The number of aliphatic hydroxyl groups is 1. The van der Waals surface area contributed by atoms with Gasteiger partial charge in [0.1, 0.15) is 0 Å². The lowest BCUT2D eigenvalue weighted by atomic mass is 10.2. The number of aliphatic hydroxyl groups excluding tert-OH is 1. The summed E-state index contributed by atoms with van der Waals surface area (Å²) in [6.07, 6.45) is 2.86. The summed E-state index contributed by atoms with van der Waals surface area (Å²) in [4.78, 5) is 0. The van der Waals surface area contributed by atoms with Crippen LogP contribution in [0.15, 0.2) is 11.6 Å². The fourth-order valence-corrected chi connectivity index (χ4v) is 0.300. The predicted molar refractivity (Wildman–Crippen MR) is 31.1 cm³/mol. The first-order chi connectivity index (χ1) is 3.31. The van der Waals surface area contributed by atoms with Crippen molar-refractivity contribution >= 4 is 0 Å². The molecule has 0 aromatic carbocycles. The summed E-state index contributed by atoms with van der Waals surface area (Å²) in [5.74, 6) is 0. The molecule has 0 unspecified atom stereocenters. The maximum Gasteiger partial charge on any atom is 0.0614 e. The highest BCUT2D eigenvalue weighted by Gasteiger charge is 1.77. The Morgan fingerprint density at radius 3 is 2.43 bits per heavy atom. The molecule has 0 atom stereocenters. The van der Waals surface area contributed by atoms with E-state index in [1.807, 2.05) is 13.0 Å². The normalized spacial score (nSPS) is 12.1. The van der Waals surface area contributed by atoms with Crippen molar-refractivity contribution in [2.75, 3.05) is 6.61 Å². The van der Waals surface area contributed by atoms with Crippen molar-refractivity contribution < 1.29 is 5.11 Å². The van der Waals surface area contributed by atoms with Gasteiger partial charge in [-0.3, -0.25) is 0 Å². The fraction of sp³-hybridized carbons (Fsp3) is 0.667. The molecule has 0 aliphatic rings. The van der Waals surface area contributed by atoms with Gasteiger partial charge in [0, 0.05) is 0 Å². The number of hydrogen-bond acceptors (Lipinski definition) is 1. The van der Waals surface area contributed by atoms with E-state index in [9.17, 15) is 0 Å². The van der Waals surface area contributed by atoms with Gasteiger partial charge in [-0.25, -0.2) is 0 Å². The Kier molecular flexibility index (Phi) is 3.71. The fourth-order valence-electron chi connectivity index (χ4n) is 0.300. The monoisotopic (exact) mass is 100 g/mol. The van der Waals surface area contributed by atoms with Crippen LogP contribution in [-0.2, 0) is 0 Å². The van der Waals surface area contributed by atoms with E-state index in [-0.39, 0.29) is 6.61 Å². The third-order valence-corrected chi connectivity index (χ3v) is 0.997. The molecule has 0 saturated heterocycles. The SMILES string of the molecule is CC/C(C)=C\CO. The third kappa shape index (κ3) is 3.53. The van der Waals surface area contributed by atoms with Crippen molar-refractivity contribution in [2.45, 2.75) is 20.3 Å². The molecule has 0 radical (unpaired) electrons. The maximum absolute atomic E-state index is 8.29. The van der Waals surface area contributed by atoms with Crippen molar-refractivity contribution in [3.05, 3.63) is 11.6 Å². The summed E-state index contributed by atoms with van der Waals surface area (Å²) >= 11 is 0. The van der Waals surface area contributed by atoms with Crippen LogP contribution < -0.4 is 0 Å². The first kappa shape index (κ1) is 6.70. The van der Waals surface area contributed by atoms with E-state index in [4.69, 9.17) is 5.11 Å². The molecule has 0 aliphatic heterocycles. The molecule has 0 saturated carbocycles. The van der Waals surface area contributed by atoms with Gasteiger partial charge in [-0.15, -0.1) is 0 Å². The summed E-state index contributed by atoms with van der Waals surface area (Å²) in [5.41, 5.74) is 1.25. The minimum atomic E-state index is 0.180. The molecular formula is C6H12O. The van der Waals surface area contributed by atoms with Crippen molar-refractivity contribution in [1.29, 1.82) is 0 Å². The van der Waals surface area contributed by atoms with Crippen LogP contribution in [0.2, 0.25) is 0 Å². The van der Waals surface area contributed by atoms with E-state index in [1.54, 1.807) is 0 Å². The van der Waals surface area contributed by atoms with Crippen LogP contribution >= 0.6 is 0 Å². The Labute approximate surface area is 44.7 Å². The third-order valence-electron chi connectivity index (χ3n) is 0.997. The van der Waals surface area contributed by atoms with Crippen LogP contribution in [0.1, 0.15) is 20.3 Å². The van der Waals surface area contributed by atoms with Gasteiger partial charge < -0.3 is 5.11 Å². The highest BCUT2D eigenvalue weighted by molar-refractivity contribution is 4.95. The summed E-state index contributed by atoms with van der Waals surface area (Å²) in [6.45, 7) is 4.26. The molecule has 0 bridgehead atoms. The van der Waals surface area contributed by atoms with Gasteiger partial charge in [0.2, 0.25) is 0 Å². The Bertz CT molecular complexity index is 64.6. The van der Waals surface area contributed by atoms with Gasteiger partial charge in [-0.05, 0) is 13.3 Å². The maximum atomic E-state index is 8.29. The minimum absolute atomic E-state index is 0.180. The first-order valence-corrected chi connectivity index (χ1v) is 2.57. The highest BCUT2D eigenvalue weighted by atomic mass is 16.2. The zero-order chi connectivity index (χ0) is 5.70. The molecule has 0 rings (SSSR count). The second-order valence-corrected chi connectivity index (χ2v) is 1.59. The van der Waals surface area contributed by atoms with E-state index < -0.39 is 0 Å². The van der Waals surface area contributed by atoms with E-state index in [2.05, 4.69) is 6.92 Å². The van der Waals surface area contributed by atoms with E-state index in [1.165, 1.54) is 5.57 Å². The zero-order valence-electron chi connectivity index (χ0n) is 4.94. The molecule has 1 nitrogen and oxygen atoms in total. The van der Waals surface area contributed by atoms with Gasteiger partial charge in [0.05, 0.1) is 6.61 Å². The average molecular weight is 100 g/mol. The Morgan fingerprint density at radius 1 is 1.71 bits per heavy atom. The first-order valence-electron chi connectivity index (χ1n) is 2.57. The summed E-state index contributed by atoms with van der Waals surface area (Å²) < 4.78 is 0. The quantitative estimate of drug-likeness (QED) is 0.519. The van der Waals surface area contributed by atoms with E-state index in [0.717, 1.165) is 6.42 Å². The van der Waals surface area contributed by atoms with Crippen LogP contribution in [0.4, 0.5) is 0 Å². The molecule has 0 aromatic heterocycles. The number of allylic oxidation sites excluding steroid dienone is 1. The van der Waals surface area contributed by atoms with Crippen molar-refractivity contribution in [1.82, 2.24) is 0 Å². The van der Waals surface area contributed by atoms with E-state index >= 15 is 0 Å². The van der Waals surface area contributed by atoms with Crippen LogP contribution in [-0.4, -0.2) is 11.7 Å². The lowest BCUT2D eigenvalue weighted by Crippen LogP contribution is -1.75. The molecule has 0 fully saturated rings.